The molecule has 0 amide bonds. The zero-order chi connectivity index (χ0) is 15.9. The van der Waals surface area contributed by atoms with Crippen molar-refractivity contribution in [3.8, 4) is 0 Å². The molecule has 122 valence electrons. The van der Waals surface area contributed by atoms with Gasteiger partial charge in [-0.25, -0.2) is 0 Å². The van der Waals surface area contributed by atoms with Crippen molar-refractivity contribution in [2.75, 3.05) is 13.1 Å². The van der Waals surface area contributed by atoms with Crippen LogP contribution in [0.2, 0.25) is 0 Å². The predicted octanol–water partition coefficient (Wildman–Crippen LogP) is 3.80. The van der Waals surface area contributed by atoms with Crippen LogP contribution in [-0.2, 0) is 9.53 Å². The van der Waals surface area contributed by atoms with Crippen molar-refractivity contribution < 1.29 is 9.53 Å². The van der Waals surface area contributed by atoms with Crippen molar-refractivity contribution in [1.82, 2.24) is 4.90 Å². The van der Waals surface area contributed by atoms with Crippen LogP contribution in [0.1, 0.15) is 73.6 Å². The molecule has 21 heavy (non-hydrogen) atoms. The number of carbonyl (C=O) groups is 1. The molecular formula is C18H33NO2. The second-order valence-electron chi connectivity index (χ2n) is 8.55. The van der Waals surface area contributed by atoms with Crippen molar-refractivity contribution in [3.05, 3.63) is 0 Å². The number of hydrogen-bond acceptors (Lipinski definition) is 3. The van der Waals surface area contributed by atoms with E-state index >= 15 is 0 Å². The molecule has 3 heteroatoms. The van der Waals surface area contributed by atoms with Gasteiger partial charge in [-0.3, -0.25) is 9.69 Å². The Kier molecular flexibility index (Phi) is 4.57. The molecule has 0 aromatic rings. The van der Waals surface area contributed by atoms with Crippen LogP contribution in [-0.4, -0.2) is 40.5 Å². The number of likely N-dealkylation sites (tertiary alicyclic amines) is 1. The fourth-order valence-electron chi connectivity index (χ4n) is 4.18. The van der Waals surface area contributed by atoms with Crippen LogP contribution in [0.3, 0.4) is 0 Å². The van der Waals surface area contributed by atoms with Crippen LogP contribution in [0.15, 0.2) is 0 Å². The molecule has 0 bridgehead atoms. The highest BCUT2D eigenvalue weighted by molar-refractivity contribution is 5.91. The zero-order valence-electron chi connectivity index (χ0n) is 14.8. The lowest BCUT2D eigenvalue weighted by Gasteiger charge is -2.40. The Morgan fingerprint density at radius 2 is 1.57 bits per heavy atom. The fourth-order valence-corrected chi connectivity index (χ4v) is 4.18. The lowest BCUT2D eigenvalue weighted by molar-refractivity contribution is -0.140. The molecule has 2 rings (SSSR count). The van der Waals surface area contributed by atoms with Gasteiger partial charge in [-0.05, 0) is 73.9 Å². The molecule has 0 aromatic carbocycles. The number of rotatable bonds is 3. The summed E-state index contributed by atoms with van der Waals surface area (Å²) < 4.78 is 6.14. The third-order valence-electron chi connectivity index (χ3n) is 5.39. The van der Waals surface area contributed by atoms with Gasteiger partial charge in [0.1, 0.15) is 0 Å². The van der Waals surface area contributed by atoms with Crippen molar-refractivity contribution in [2.45, 2.75) is 90.4 Å². The van der Waals surface area contributed by atoms with Gasteiger partial charge in [0.15, 0.2) is 5.78 Å². The van der Waals surface area contributed by atoms with Gasteiger partial charge in [0.05, 0.1) is 22.7 Å². The van der Waals surface area contributed by atoms with E-state index in [2.05, 4.69) is 46.4 Å². The normalized spacial score (nSPS) is 30.1. The summed E-state index contributed by atoms with van der Waals surface area (Å²) in [7, 11) is 0. The third kappa shape index (κ3) is 3.50. The smallest absolute Gasteiger partial charge is 0.158 e. The van der Waals surface area contributed by atoms with E-state index in [4.69, 9.17) is 4.74 Å². The summed E-state index contributed by atoms with van der Waals surface area (Å²) in [6.07, 6.45) is 5.85. The maximum Gasteiger partial charge on any atom is 0.158 e. The van der Waals surface area contributed by atoms with Crippen LogP contribution < -0.4 is 0 Å². The number of nitrogens with zero attached hydrogens (tertiary/aromatic N) is 1. The molecule has 2 heterocycles. The summed E-state index contributed by atoms with van der Waals surface area (Å²) >= 11 is 0. The summed E-state index contributed by atoms with van der Waals surface area (Å²) in [5.74, 6) is 0.353. The summed E-state index contributed by atoms with van der Waals surface area (Å²) in [4.78, 5) is 15.7. The van der Waals surface area contributed by atoms with Crippen LogP contribution in [0.4, 0.5) is 0 Å². The highest BCUT2D eigenvalue weighted by atomic mass is 16.5. The average molecular weight is 295 g/mol. The lowest BCUT2D eigenvalue weighted by atomic mass is 9.77. The minimum absolute atomic E-state index is 0.00856. The topological polar surface area (TPSA) is 29.5 Å². The highest BCUT2D eigenvalue weighted by Gasteiger charge is 2.53. The van der Waals surface area contributed by atoms with E-state index in [9.17, 15) is 4.79 Å². The quantitative estimate of drug-likeness (QED) is 0.793. The Morgan fingerprint density at radius 1 is 1.05 bits per heavy atom. The molecule has 2 aliphatic rings. The number of ether oxygens (including phenoxy) is 1. The number of carbonyl (C=O) groups excluding carboxylic acids is 1. The fraction of sp³-hybridized carbons (Fsp3) is 0.944. The average Bonchev–Trinajstić information content (AvgIpc) is 2.57. The SMILES string of the molecule is CC1(C)CC(C(=O)C(C)(C)N2CCCCCC2)C(C)(C)O1. The molecule has 0 saturated carbocycles. The summed E-state index contributed by atoms with van der Waals surface area (Å²) in [6.45, 7) is 14.7. The highest BCUT2D eigenvalue weighted by Crippen LogP contribution is 2.44. The minimum Gasteiger partial charge on any atom is -0.369 e. The molecule has 0 aromatic heterocycles. The van der Waals surface area contributed by atoms with E-state index in [1.54, 1.807) is 0 Å². The number of Topliss-reactive ketones (excluding diaryl/α,β-unsaturated/α-hetero) is 1. The second-order valence-corrected chi connectivity index (χ2v) is 8.55. The van der Waals surface area contributed by atoms with E-state index in [0.717, 1.165) is 19.5 Å². The lowest BCUT2D eigenvalue weighted by Crippen LogP contribution is -2.55. The predicted molar refractivity (Wildman–Crippen MR) is 86.5 cm³/mol. The molecule has 2 fully saturated rings. The standard InChI is InChI=1S/C18H33NO2/c1-16(2)13-14(18(5,6)21-16)15(20)17(3,4)19-11-9-7-8-10-12-19/h14H,7-13H2,1-6H3. The first kappa shape index (κ1) is 17.0. The molecule has 0 aliphatic carbocycles. The summed E-state index contributed by atoms with van der Waals surface area (Å²) in [5.41, 5.74) is -0.932. The van der Waals surface area contributed by atoms with Gasteiger partial charge in [-0.15, -0.1) is 0 Å². The first-order valence-corrected chi connectivity index (χ1v) is 8.56. The molecule has 1 unspecified atom stereocenters. The van der Waals surface area contributed by atoms with Gasteiger partial charge >= 0.3 is 0 Å². The first-order valence-electron chi connectivity index (χ1n) is 8.56. The monoisotopic (exact) mass is 295 g/mol. The molecule has 2 aliphatic heterocycles. The Balaban J connectivity index is 2.17. The van der Waals surface area contributed by atoms with Crippen molar-refractivity contribution in [2.24, 2.45) is 5.92 Å². The summed E-state index contributed by atoms with van der Waals surface area (Å²) in [6, 6.07) is 0. The van der Waals surface area contributed by atoms with Crippen LogP contribution in [0, 0.1) is 5.92 Å². The molecular weight excluding hydrogens is 262 g/mol. The van der Waals surface area contributed by atoms with E-state index in [1.165, 1.54) is 25.7 Å². The van der Waals surface area contributed by atoms with Gasteiger partial charge in [0.25, 0.3) is 0 Å². The Bertz CT molecular complexity index is 390. The zero-order valence-corrected chi connectivity index (χ0v) is 14.8. The van der Waals surface area contributed by atoms with Crippen molar-refractivity contribution >= 4 is 5.78 Å². The number of ketones is 1. The van der Waals surface area contributed by atoms with Crippen LogP contribution in [0.25, 0.3) is 0 Å². The second kappa shape index (κ2) is 5.66. The van der Waals surface area contributed by atoms with E-state index < -0.39 is 0 Å². The Labute approximate surface area is 130 Å². The largest absolute Gasteiger partial charge is 0.369 e. The van der Waals surface area contributed by atoms with Gasteiger partial charge in [-0.2, -0.15) is 0 Å². The van der Waals surface area contributed by atoms with Gasteiger partial charge in [0.2, 0.25) is 0 Å². The van der Waals surface area contributed by atoms with Gasteiger partial charge in [0, 0.05) is 0 Å². The Hall–Kier alpha value is -0.410. The molecule has 0 spiro atoms. The van der Waals surface area contributed by atoms with E-state index in [-0.39, 0.29) is 22.7 Å². The molecule has 0 N–H and O–H groups in total. The molecule has 0 radical (unpaired) electrons. The van der Waals surface area contributed by atoms with Crippen LogP contribution in [0.5, 0.6) is 0 Å². The molecule has 2 saturated heterocycles. The van der Waals surface area contributed by atoms with Gasteiger partial charge in [-0.1, -0.05) is 12.8 Å². The van der Waals surface area contributed by atoms with E-state index in [1.807, 2.05) is 0 Å². The first-order chi connectivity index (χ1) is 9.56. The maximum atomic E-state index is 13.3. The maximum absolute atomic E-state index is 13.3. The molecule has 1 atom stereocenters. The Morgan fingerprint density at radius 3 is 2.00 bits per heavy atom. The number of hydrogen-bond donors (Lipinski definition) is 0. The van der Waals surface area contributed by atoms with Crippen molar-refractivity contribution in [3.63, 3.8) is 0 Å². The molecule has 3 nitrogen and oxygen atoms in total. The minimum atomic E-state index is -0.379. The third-order valence-corrected chi connectivity index (χ3v) is 5.39. The van der Waals surface area contributed by atoms with E-state index in [0.29, 0.717) is 5.78 Å². The van der Waals surface area contributed by atoms with Crippen molar-refractivity contribution in [1.29, 1.82) is 0 Å². The van der Waals surface area contributed by atoms with Gasteiger partial charge < -0.3 is 4.74 Å². The van der Waals surface area contributed by atoms with Crippen LogP contribution >= 0.6 is 0 Å². The summed E-state index contributed by atoms with van der Waals surface area (Å²) in [5, 5.41) is 0.